The predicted molar refractivity (Wildman–Crippen MR) is 105 cm³/mol. The van der Waals surface area contributed by atoms with Crippen LogP contribution in [-0.4, -0.2) is 20.3 Å². The van der Waals surface area contributed by atoms with Crippen LogP contribution in [0.3, 0.4) is 0 Å². The van der Waals surface area contributed by atoms with E-state index in [1.54, 1.807) is 12.1 Å². The number of hydrogen-bond donors (Lipinski definition) is 0. The molecule has 1 saturated carbocycles. The molecule has 2 aromatic rings. The van der Waals surface area contributed by atoms with E-state index in [0.717, 1.165) is 31.2 Å². The van der Waals surface area contributed by atoms with Gasteiger partial charge in [0.05, 0.1) is 20.3 Å². The maximum atomic E-state index is 14.3. The van der Waals surface area contributed by atoms with Crippen molar-refractivity contribution in [3.05, 3.63) is 58.9 Å². The molecule has 3 nitrogen and oxygen atoms in total. The van der Waals surface area contributed by atoms with Crippen LogP contribution in [0.2, 0.25) is 0 Å². The third-order valence-electron chi connectivity index (χ3n) is 5.56. The van der Waals surface area contributed by atoms with Gasteiger partial charge in [0.15, 0.2) is 11.5 Å². The first-order valence-corrected chi connectivity index (χ1v) is 10.0. The first kappa shape index (κ1) is 21.5. The number of benzene rings is 2. The Bertz CT molecular complexity index is 817. The zero-order valence-electron chi connectivity index (χ0n) is 16.8. The normalized spacial score (nSPS) is 19.2. The Labute approximate surface area is 169 Å². The van der Waals surface area contributed by atoms with Crippen LogP contribution in [0.4, 0.5) is 13.2 Å². The van der Waals surface area contributed by atoms with E-state index in [9.17, 15) is 13.2 Å². The Kier molecular flexibility index (Phi) is 7.42. The van der Waals surface area contributed by atoms with E-state index in [1.807, 2.05) is 13.0 Å². The molecule has 0 spiro atoms. The van der Waals surface area contributed by atoms with E-state index in [1.165, 1.54) is 19.2 Å². The number of halogens is 3. The Morgan fingerprint density at radius 1 is 0.931 bits per heavy atom. The maximum Gasteiger partial charge on any atom is 0.204 e. The minimum Gasteiger partial charge on any atom is -0.494 e. The van der Waals surface area contributed by atoms with Gasteiger partial charge >= 0.3 is 0 Å². The van der Waals surface area contributed by atoms with Crippen LogP contribution in [0.15, 0.2) is 30.3 Å². The highest BCUT2D eigenvalue weighted by atomic mass is 19.2. The molecule has 0 unspecified atom stereocenters. The number of hydrogen-bond acceptors (Lipinski definition) is 3. The molecule has 0 aliphatic heterocycles. The predicted octanol–water partition coefficient (Wildman–Crippen LogP) is 6.00. The van der Waals surface area contributed by atoms with E-state index in [-0.39, 0.29) is 29.8 Å². The van der Waals surface area contributed by atoms with Crippen molar-refractivity contribution in [3.63, 3.8) is 0 Å². The van der Waals surface area contributed by atoms with Gasteiger partial charge < -0.3 is 14.2 Å². The van der Waals surface area contributed by atoms with Gasteiger partial charge in [0, 0.05) is 12.2 Å². The molecular formula is C23H27F3O3. The minimum atomic E-state index is -1.04. The molecular weight excluding hydrogens is 381 g/mol. The summed E-state index contributed by atoms with van der Waals surface area (Å²) in [7, 11) is 1.29. The molecule has 0 saturated heterocycles. The fraction of sp³-hybridized carbons (Fsp3) is 0.478. The molecule has 0 heterocycles. The van der Waals surface area contributed by atoms with Gasteiger partial charge in [-0.25, -0.2) is 4.39 Å². The average molecular weight is 408 g/mol. The van der Waals surface area contributed by atoms with E-state index < -0.39 is 11.6 Å². The third-order valence-corrected chi connectivity index (χ3v) is 5.56. The average Bonchev–Trinajstić information content (AvgIpc) is 2.74. The highest BCUT2D eigenvalue weighted by Crippen LogP contribution is 2.37. The molecule has 0 bridgehead atoms. The van der Waals surface area contributed by atoms with E-state index in [4.69, 9.17) is 14.2 Å². The maximum absolute atomic E-state index is 14.3. The molecule has 29 heavy (non-hydrogen) atoms. The zero-order chi connectivity index (χ0) is 20.8. The number of ether oxygens (including phenoxy) is 3. The Balaban J connectivity index is 1.52. The molecule has 1 aliphatic carbocycles. The lowest BCUT2D eigenvalue weighted by Gasteiger charge is -2.29. The SMILES string of the molecule is CCOCc1ccc(C2CCC(COc3ccc(OC)c(F)c3F)CC2)cc1F. The monoisotopic (exact) mass is 408 g/mol. The summed E-state index contributed by atoms with van der Waals surface area (Å²) in [5.41, 5.74) is 1.58. The summed E-state index contributed by atoms with van der Waals surface area (Å²) in [4.78, 5) is 0. The highest BCUT2D eigenvalue weighted by Gasteiger charge is 2.24. The summed E-state index contributed by atoms with van der Waals surface area (Å²) in [5, 5.41) is 0. The van der Waals surface area contributed by atoms with Gasteiger partial charge in [-0.05, 0) is 68.2 Å². The fourth-order valence-corrected chi connectivity index (χ4v) is 3.80. The standard InChI is InChI=1S/C23H27F3O3/c1-3-28-14-18-9-8-17(12-19(18)24)16-6-4-15(5-7-16)13-29-21-11-10-20(27-2)22(25)23(21)26/h8-12,15-16H,3-7,13-14H2,1-2H3. The van der Waals surface area contributed by atoms with Crippen molar-refractivity contribution in [3.8, 4) is 11.5 Å². The first-order chi connectivity index (χ1) is 14.0. The number of rotatable bonds is 8. The Morgan fingerprint density at radius 2 is 1.62 bits per heavy atom. The molecule has 0 N–H and O–H groups in total. The van der Waals surface area contributed by atoms with Crippen LogP contribution < -0.4 is 9.47 Å². The zero-order valence-corrected chi connectivity index (χ0v) is 16.8. The van der Waals surface area contributed by atoms with Crippen molar-refractivity contribution in [1.29, 1.82) is 0 Å². The fourth-order valence-electron chi connectivity index (χ4n) is 3.80. The molecule has 6 heteroatoms. The molecule has 0 aromatic heterocycles. The van der Waals surface area contributed by atoms with Gasteiger partial charge in [0.2, 0.25) is 11.6 Å². The van der Waals surface area contributed by atoms with Crippen LogP contribution in [0.25, 0.3) is 0 Å². The molecule has 1 fully saturated rings. The van der Waals surface area contributed by atoms with Crippen molar-refractivity contribution in [2.75, 3.05) is 20.3 Å². The molecule has 0 amide bonds. The molecule has 3 rings (SSSR count). The van der Waals surface area contributed by atoms with Gasteiger partial charge in [0.25, 0.3) is 0 Å². The summed E-state index contributed by atoms with van der Waals surface area (Å²) in [6, 6.07) is 8.14. The summed E-state index contributed by atoms with van der Waals surface area (Å²) in [6.07, 6.45) is 3.62. The minimum absolute atomic E-state index is 0.0996. The van der Waals surface area contributed by atoms with Crippen LogP contribution in [0.1, 0.15) is 49.7 Å². The number of methoxy groups -OCH3 is 1. The summed E-state index contributed by atoms with van der Waals surface area (Å²) in [6.45, 7) is 3.06. The van der Waals surface area contributed by atoms with Crippen LogP contribution >= 0.6 is 0 Å². The van der Waals surface area contributed by atoms with Crippen molar-refractivity contribution in [2.45, 2.75) is 45.1 Å². The smallest absolute Gasteiger partial charge is 0.204 e. The van der Waals surface area contributed by atoms with Crippen molar-refractivity contribution in [2.24, 2.45) is 5.92 Å². The van der Waals surface area contributed by atoms with Crippen molar-refractivity contribution < 1.29 is 27.4 Å². The van der Waals surface area contributed by atoms with Crippen LogP contribution in [0.5, 0.6) is 11.5 Å². The quantitative estimate of drug-likeness (QED) is 0.536. The van der Waals surface area contributed by atoms with Crippen molar-refractivity contribution >= 4 is 0 Å². The van der Waals surface area contributed by atoms with E-state index in [0.29, 0.717) is 24.7 Å². The molecule has 1 aliphatic rings. The largest absolute Gasteiger partial charge is 0.494 e. The second-order valence-electron chi connectivity index (χ2n) is 7.41. The summed E-state index contributed by atoms with van der Waals surface area (Å²) < 4.78 is 57.6. The lowest BCUT2D eigenvalue weighted by Crippen LogP contribution is -2.20. The van der Waals surface area contributed by atoms with Gasteiger partial charge in [-0.15, -0.1) is 0 Å². The van der Waals surface area contributed by atoms with Crippen molar-refractivity contribution in [1.82, 2.24) is 0 Å². The summed E-state index contributed by atoms with van der Waals surface area (Å²) in [5.74, 6) is -1.97. The second-order valence-corrected chi connectivity index (χ2v) is 7.41. The molecule has 158 valence electrons. The van der Waals surface area contributed by atoms with Gasteiger partial charge in [-0.3, -0.25) is 0 Å². The lowest BCUT2D eigenvalue weighted by atomic mass is 9.79. The van der Waals surface area contributed by atoms with Crippen LogP contribution in [-0.2, 0) is 11.3 Å². The van der Waals surface area contributed by atoms with Crippen LogP contribution in [0, 0.1) is 23.4 Å². The third kappa shape index (κ3) is 5.24. The Morgan fingerprint density at radius 3 is 2.28 bits per heavy atom. The topological polar surface area (TPSA) is 27.7 Å². The molecule has 2 aromatic carbocycles. The van der Waals surface area contributed by atoms with E-state index in [2.05, 4.69) is 0 Å². The lowest BCUT2D eigenvalue weighted by molar-refractivity contribution is 0.131. The van der Waals surface area contributed by atoms with E-state index >= 15 is 0 Å². The second kappa shape index (κ2) is 10.0. The van der Waals surface area contributed by atoms with Gasteiger partial charge in [-0.1, -0.05) is 12.1 Å². The Hall–Kier alpha value is -2.21. The highest BCUT2D eigenvalue weighted by molar-refractivity contribution is 5.35. The van der Waals surface area contributed by atoms with Gasteiger partial charge in [0.1, 0.15) is 5.82 Å². The summed E-state index contributed by atoms with van der Waals surface area (Å²) >= 11 is 0. The molecule has 0 atom stereocenters. The first-order valence-electron chi connectivity index (χ1n) is 10.0. The van der Waals surface area contributed by atoms with Gasteiger partial charge in [-0.2, -0.15) is 8.78 Å². The molecule has 0 radical (unpaired) electrons.